The average molecular weight is 467 g/mol. The minimum absolute atomic E-state index is 0.197. The van der Waals surface area contributed by atoms with Gasteiger partial charge in [0.05, 0.1) is 30.6 Å². The van der Waals surface area contributed by atoms with Gasteiger partial charge in [-0.25, -0.2) is 4.98 Å². The van der Waals surface area contributed by atoms with Crippen LogP contribution in [0.3, 0.4) is 0 Å². The van der Waals surface area contributed by atoms with Crippen molar-refractivity contribution in [2.24, 2.45) is 0 Å². The number of benzene rings is 2. The highest BCUT2D eigenvalue weighted by Crippen LogP contribution is 2.44. The van der Waals surface area contributed by atoms with E-state index in [2.05, 4.69) is 9.71 Å². The number of rotatable bonds is 6. The van der Waals surface area contributed by atoms with Crippen LogP contribution in [0.1, 0.15) is 34.6 Å². The third kappa shape index (κ3) is 4.29. The van der Waals surface area contributed by atoms with E-state index in [4.69, 9.17) is 18.9 Å². The number of nitrogens with one attached hydrogen (secondary N) is 1. The van der Waals surface area contributed by atoms with E-state index in [1.165, 1.54) is 0 Å². The van der Waals surface area contributed by atoms with Crippen LogP contribution in [0.25, 0.3) is 0 Å². The van der Waals surface area contributed by atoms with Crippen molar-refractivity contribution in [3.63, 3.8) is 0 Å². The summed E-state index contributed by atoms with van der Waals surface area (Å²) in [6.45, 7) is 2.20. The van der Waals surface area contributed by atoms with Gasteiger partial charge in [-0.05, 0) is 31.2 Å². The maximum atomic E-state index is 12.0. The molecule has 0 bridgehead atoms. The lowest BCUT2D eigenvalue weighted by molar-refractivity contribution is -0.118. The topological polar surface area (TPSA) is 102 Å². The number of carbonyl (C=O) groups excluding carboxylic acids is 1. The van der Waals surface area contributed by atoms with E-state index < -0.39 is 11.4 Å². The van der Waals surface area contributed by atoms with Gasteiger partial charge in [-0.1, -0.05) is 24.3 Å². The van der Waals surface area contributed by atoms with Gasteiger partial charge < -0.3 is 23.5 Å². The molecular formula is C24H22N2O6S. The van der Waals surface area contributed by atoms with Gasteiger partial charge in [0.15, 0.2) is 22.9 Å². The molecule has 0 spiro atoms. The first-order valence-corrected chi connectivity index (χ1v) is 11.6. The number of ether oxygens (including phenoxy) is 4. The molecule has 0 aliphatic carbocycles. The second-order valence-electron chi connectivity index (χ2n) is 7.72. The number of hydrogen-bond acceptors (Lipinski definition) is 7. The standard InChI is InChI=1S/C24H22N2O6S/c1-14-18(10-11-23(25-14)29-2)32-19-5-3-4-17-20(13-30-24(17)19)31-16-8-6-15(7-9-16)21-12-22(27)26-33(21)28/h3-11,20-21H,12-13H2,1-2H3,(H,26,27)/t20-,21?,33?/m1/s1. The molecule has 0 saturated carbocycles. The van der Waals surface area contributed by atoms with Crippen molar-refractivity contribution in [3.05, 3.63) is 71.4 Å². The van der Waals surface area contributed by atoms with Gasteiger partial charge in [-0.15, -0.1) is 0 Å². The lowest BCUT2D eigenvalue weighted by Crippen LogP contribution is -2.21. The summed E-state index contributed by atoms with van der Waals surface area (Å²) in [6.07, 6.45) is -0.0730. The first-order valence-electron chi connectivity index (χ1n) is 10.4. The van der Waals surface area contributed by atoms with Crippen molar-refractivity contribution < 1.29 is 28.3 Å². The molecule has 1 saturated heterocycles. The Bertz CT molecular complexity index is 1190. The molecule has 1 fully saturated rings. The summed E-state index contributed by atoms with van der Waals surface area (Å²) < 4.78 is 37.8. The van der Waals surface area contributed by atoms with E-state index >= 15 is 0 Å². The Balaban J connectivity index is 1.31. The number of hydrogen-bond donors (Lipinski definition) is 1. The van der Waals surface area contributed by atoms with Crippen molar-refractivity contribution in [3.8, 4) is 28.9 Å². The molecule has 3 atom stereocenters. The Morgan fingerprint density at radius 2 is 1.94 bits per heavy atom. The molecule has 2 unspecified atom stereocenters. The minimum Gasteiger partial charge on any atom is -0.593 e. The third-order valence-corrected chi connectivity index (χ3v) is 6.93. The van der Waals surface area contributed by atoms with Gasteiger partial charge >= 0.3 is 0 Å². The molecule has 9 heteroatoms. The van der Waals surface area contributed by atoms with E-state index in [9.17, 15) is 9.35 Å². The van der Waals surface area contributed by atoms with Gasteiger partial charge in [0.1, 0.15) is 18.1 Å². The molecule has 1 N–H and O–H groups in total. The minimum atomic E-state index is -1.39. The Kier molecular flexibility index (Phi) is 5.74. The zero-order chi connectivity index (χ0) is 22.9. The van der Waals surface area contributed by atoms with Crippen molar-refractivity contribution >= 4 is 17.3 Å². The van der Waals surface area contributed by atoms with Crippen molar-refractivity contribution in [1.29, 1.82) is 0 Å². The number of methoxy groups -OCH3 is 1. The highest BCUT2D eigenvalue weighted by molar-refractivity contribution is 7.90. The van der Waals surface area contributed by atoms with E-state index in [0.29, 0.717) is 41.2 Å². The monoisotopic (exact) mass is 466 g/mol. The van der Waals surface area contributed by atoms with Gasteiger partial charge in [0, 0.05) is 17.2 Å². The maximum Gasteiger partial charge on any atom is 0.266 e. The third-order valence-electron chi connectivity index (χ3n) is 5.55. The van der Waals surface area contributed by atoms with Gasteiger partial charge in [0.2, 0.25) is 5.88 Å². The quantitative estimate of drug-likeness (QED) is 0.549. The molecule has 33 heavy (non-hydrogen) atoms. The Morgan fingerprint density at radius 3 is 2.64 bits per heavy atom. The lowest BCUT2D eigenvalue weighted by Gasteiger charge is -2.15. The largest absolute Gasteiger partial charge is 0.593 e. The molecule has 3 aromatic rings. The van der Waals surface area contributed by atoms with Gasteiger partial charge in [-0.3, -0.25) is 4.79 Å². The number of para-hydroxylation sites is 1. The van der Waals surface area contributed by atoms with Crippen LogP contribution in [-0.2, 0) is 16.2 Å². The van der Waals surface area contributed by atoms with Crippen LogP contribution in [0.5, 0.6) is 28.9 Å². The van der Waals surface area contributed by atoms with E-state index in [1.54, 1.807) is 13.2 Å². The maximum absolute atomic E-state index is 12.0. The summed E-state index contributed by atoms with van der Waals surface area (Å²) in [5, 5.41) is -0.335. The first-order chi connectivity index (χ1) is 16.0. The molecule has 2 aliphatic rings. The predicted molar refractivity (Wildman–Crippen MR) is 121 cm³/mol. The number of nitrogens with zero attached hydrogens (tertiary/aromatic N) is 1. The summed E-state index contributed by atoms with van der Waals surface area (Å²) >= 11 is -1.39. The Labute approximate surface area is 194 Å². The molecule has 1 aromatic heterocycles. The molecule has 2 aliphatic heterocycles. The first kappa shape index (κ1) is 21.4. The highest BCUT2D eigenvalue weighted by Gasteiger charge is 2.37. The number of aryl methyl sites for hydroxylation is 1. The van der Waals surface area contributed by atoms with Crippen LogP contribution in [0, 0.1) is 6.92 Å². The summed E-state index contributed by atoms with van der Waals surface area (Å²) in [5.41, 5.74) is 2.43. The number of fused-ring (bicyclic) bond motifs is 1. The number of aromatic nitrogens is 1. The Hall–Kier alpha value is -3.43. The summed E-state index contributed by atoms with van der Waals surface area (Å²) in [7, 11) is 1.57. The van der Waals surface area contributed by atoms with Crippen LogP contribution in [0.2, 0.25) is 0 Å². The molecule has 3 heterocycles. The van der Waals surface area contributed by atoms with Crippen LogP contribution in [0.4, 0.5) is 0 Å². The molecule has 170 valence electrons. The zero-order valence-electron chi connectivity index (χ0n) is 18.1. The normalized spacial score (nSPS) is 21.2. The van der Waals surface area contributed by atoms with E-state index in [0.717, 1.165) is 11.1 Å². The van der Waals surface area contributed by atoms with Crippen LogP contribution < -0.4 is 23.7 Å². The van der Waals surface area contributed by atoms with Gasteiger partial charge in [-0.2, -0.15) is 4.72 Å². The fourth-order valence-electron chi connectivity index (χ4n) is 3.87. The smallest absolute Gasteiger partial charge is 0.266 e. The van der Waals surface area contributed by atoms with Crippen LogP contribution in [0.15, 0.2) is 54.6 Å². The van der Waals surface area contributed by atoms with E-state index in [1.807, 2.05) is 55.5 Å². The average Bonchev–Trinajstić information content (AvgIpc) is 3.38. The fraction of sp³-hybridized carbons (Fsp3) is 0.250. The van der Waals surface area contributed by atoms with Crippen molar-refractivity contribution in [1.82, 2.24) is 9.71 Å². The second-order valence-corrected chi connectivity index (χ2v) is 9.08. The molecular weight excluding hydrogens is 444 g/mol. The molecule has 8 nitrogen and oxygen atoms in total. The highest BCUT2D eigenvalue weighted by atomic mass is 32.2. The molecule has 1 amide bonds. The summed E-state index contributed by atoms with van der Waals surface area (Å²) in [5.74, 6) is 2.83. The van der Waals surface area contributed by atoms with Gasteiger partial charge in [0.25, 0.3) is 5.91 Å². The number of carbonyl (C=O) groups is 1. The zero-order valence-corrected chi connectivity index (χ0v) is 18.9. The van der Waals surface area contributed by atoms with Crippen LogP contribution >= 0.6 is 0 Å². The van der Waals surface area contributed by atoms with Crippen molar-refractivity contribution in [2.75, 3.05) is 13.7 Å². The number of amides is 1. The fourth-order valence-corrected chi connectivity index (χ4v) is 5.03. The summed E-state index contributed by atoms with van der Waals surface area (Å²) in [6, 6.07) is 16.6. The molecule has 2 aromatic carbocycles. The van der Waals surface area contributed by atoms with E-state index in [-0.39, 0.29) is 23.7 Å². The molecule has 0 radical (unpaired) electrons. The summed E-state index contributed by atoms with van der Waals surface area (Å²) in [4.78, 5) is 15.8. The number of pyridine rings is 1. The SMILES string of the molecule is COc1ccc(Oc2cccc3c2OC[C@H]3Oc2ccc(C3CC(=O)N[S+]3[O-])cc2)c(C)n1. The Morgan fingerprint density at radius 1 is 1.12 bits per heavy atom. The second kappa shape index (κ2) is 8.84. The molecule has 5 rings (SSSR count). The van der Waals surface area contributed by atoms with Crippen LogP contribution in [-0.4, -0.2) is 29.2 Å². The predicted octanol–water partition coefficient (Wildman–Crippen LogP) is 3.93. The van der Waals surface area contributed by atoms with Crippen molar-refractivity contribution in [2.45, 2.75) is 24.7 Å². The lowest BCUT2D eigenvalue weighted by atomic mass is 10.1.